The molecule has 36 heavy (non-hydrogen) atoms. The average Bonchev–Trinajstić information content (AvgIpc) is 2.87. The largest absolute Gasteiger partial charge is 0.436 e. The van der Waals surface area contributed by atoms with Crippen LogP contribution in [0.3, 0.4) is 0 Å². The maximum atomic E-state index is 12.7. The van der Waals surface area contributed by atoms with E-state index in [-0.39, 0.29) is 18.3 Å². The Bertz CT molecular complexity index is 1480. The predicted octanol–water partition coefficient (Wildman–Crippen LogP) is 5.73. The molecule has 1 aliphatic heterocycles. The molecule has 1 aliphatic rings. The number of ether oxygens (including phenoxy) is 1. The second-order valence-corrected chi connectivity index (χ2v) is 9.81. The number of benzene rings is 2. The summed E-state index contributed by atoms with van der Waals surface area (Å²) in [5.41, 5.74) is 5.47. The molecule has 1 amide bonds. The lowest BCUT2D eigenvalue weighted by molar-refractivity contribution is -0.113. The lowest BCUT2D eigenvalue weighted by Gasteiger charge is -2.24. The molecule has 0 spiro atoms. The third-order valence-electron chi connectivity index (χ3n) is 5.81. The second-order valence-electron chi connectivity index (χ2n) is 8.44. The molecule has 0 radical (unpaired) electrons. The summed E-state index contributed by atoms with van der Waals surface area (Å²) in [6.07, 6.45) is 2.11. The van der Waals surface area contributed by atoms with Crippen molar-refractivity contribution in [1.29, 1.82) is 0 Å². The van der Waals surface area contributed by atoms with Crippen LogP contribution in [0.4, 0.5) is 5.69 Å². The number of aliphatic hydroxyl groups excluding tert-OH is 1. The monoisotopic (exact) mass is 518 g/mol. The van der Waals surface area contributed by atoms with E-state index in [1.807, 2.05) is 56.3 Å². The van der Waals surface area contributed by atoms with Gasteiger partial charge in [0.05, 0.1) is 28.6 Å². The average molecular weight is 519 g/mol. The first kappa shape index (κ1) is 24.2. The summed E-state index contributed by atoms with van der Waals surface area (Å²) < 4.78 is 6.23. The molecule has 9 heteroatoms. The molecule has 5 rings (SSSR count). The fourth-order valence-electron chi connectivity index (χ4n) is 4.03. The highest BCUT2D eigenvalue weighted by molar-refractivity contribution is 8.00. The van der Waals surface area contributed by atoms with Crippen LogP contribution in [-0.4, -0.2) is 31.7 Å². The Morgan fingerprint density at radius 1 is 1.14 bits per heavy atom. The van der Waals surface area contributed by atoms with Gasteiger partial charge in [0.15, 0.2) is 11.6 Å². The third-order valence-corrected chi connectivity index (χ3v) is 7.16. The lowest BCUT2D eigenvalue weighted by atomic mass is 9.99. The molecule has 0 aliphatic carbocycles. The van der Waals surface area contributed by atoms with E-state index < -0.39 is 0 Å². The number of fused-ring (bicyclic) bond motifs is 2. The van der Waals surface area contributed by atoms with Crippen LogP contribution in [0.25, 0.3) is 11.4 Å². The summed E-state index contributed by atoms with van der Waals surface area (Å²) in [4.78, 5) is 26.6. The van der Waals surface area contributed by atoms with E-state index in [1.165, 1.54) is 11.8 Å². The number of aliphatic hydroxyl groups is 1. The highest BCUT2D eigenvalue weighted by Crippen LogP contribution is 2.43. The van der Waals surface area contributed by atoms with E-state index in [2.05, 4.69) is 15.3 Å². The zero-order valence-corrected chi connectivity index (χ0v) is 21.3. The van der Waals surface area contributed by atoms with Crippen molar-refractivity contribution in [2.45, 2.75) is 31.9 Å². The molecule has 0 saturated carbocycles. The Morgan fingerprint density at radius 3 is 2.75 bits per heavy atom. The number of hydrogen-bond donors (Lipinski definition) is 2. The van der Waals surface area contributed by atoms with E-state index in [9.17, 15) is 9.90 Å². The normalized spacial score (nSPS) is 11.9. The first-order chi connectivity index (χ1) is 17.4. The topological polar surface area (TPSA) is 97.2 Å². The molecule has 2 N–H and O–H groups in total. The maximum absolute atomic E-state index is 12.7. The quantitative estimate of drug-likeness (QED) is 0.219. The van der Waals surface area contributed by atoms with Gasteiger partial charge in [-0.2, -0.15) is 4.98 Å². The number of rotatable bonds is 6. The molecular formula is C27H23ClN4O3S. The van der Waals surface area contributed by atoms with Crippen molar-refractivity contribution in [3.05, 3.63) is 87.7 Å². The van der Waals surface area contributed by atoms with E-state index in [0.717, 1.165) is 22.4 Å². The number of nitrogens with zero attached hydrogens (tertiary/aromatic N) is 3. The first-order valence-corrected chi connectivity index (χ1v) is 12.7. The van der Waals surface area contributed by atoms with Crippen LogP contribution < -0.4 is 10.1 Å². The minimum Gasteiger partial charge on any atom is -0.436 e. The van der Waals surface area contributed by atoms with E-state index >= 15 is 0 Å². The van der Waals surface area contributed by atoms with Crippen molar-refractivity contribution in [2.24, 2.45) is 0 Å². The SMILES string of the molecule is Cc1cccc(NC(=O)CSc2nc(-c3ccccc3Cl)nc3c2Cc2c(CO)cnc(C)c2O3)c1. The predicted molar refractivity (Wildman–Crippen MR) is 141 cm³/mol. The Kier molecular flexibility index (Phi) is 6.91. The number of anilines is 1. The van der Waals surface area contributed by atoms with Crippen molar-refractivity contribution >= 4 is 35.0 Å². The van der Waals surface area contributed by atoms with Crippen LogP contribution in [0.2, 0.25) is 5.02 Å². The highest BCUT2D eigenvalue weighted by Gasteiger charge is 2.28. The first-order valence-electron chi connectivity index (χ1n) is 11.3. The van der Waals surface area contributed by atoms with Crippen LogP contribution in [0.1, 0.15) is 27.9 Å². The molecule has 3 heterocycles. The van der Waals surface area contributed by atoms with Gasteiger partial charge in [0.25, 0.3) is 0 Å². The Balaban J connectivity index is 1.50. The van der Waals surface area contributed by atoms with Crippen LogP contribution in [0, 0.1) is 13.8 Å². The summed E-state index contributed by atoms with van der Waals surface area (Å²) in [5.74, 6) is 1.40. The minimum absolute atomic E-state index is 0.147. The van der Waals surface area contributed by atoms with Crippen molar-refractivity contribution < 1.29 is 14.6 Å². The number of hydrogen-bond acceptors (Lipinski definition) is 7. The van der Waals surface area contributed by atoms with Crippen LogP contribution in [0.15, 0.2) is 59.8 Å². The molecule has 0 saturated heterocycles. The summed E-state index contributed by atoms with van der Waals surface area (Å²) >= 11 is 7.75. The van der Waals surface area contributed by atoms with Gasteiger partial charge >= 0.3 is 0 Å². The zero-order valence-electron chi connectivity index (χ0n) is 19.7. The minimum atomic E-state index is -0.158. The highest BCUT2D eigenvalue weighted by atomic mass is 35.5. The van der Waals surface area contributed by atoms with E-state index in [0.29, 0.717) is 50.7 Å². The fourth-order valence-corrected chi connectivity index (χ4v) is 5.08. The van der Waals surface area contributed by atoms with Gasteiger partial charge in [-0.05, 0) is 43.7 Å². The smallest absolute Gasteiger partial charge is 0.234 e. The Morgan fingerprint density at radius 2 is 1.97 bits per heavy atom. The van der Waals surface area contributed by atoms with Gasteiger partial charge in [-0.3, -0.25) is 9.78 Å². The number of carbonyl (C=O) groups is 1. The lowest BCUT2D eigenvalue weighted by Crippen LogP contribution is -2.16. The molecular weight excluding hydrogens is 496 g/mol. The maximum Gasteiger partial charge on any atom is 0.234 e. The van der Waals surface area contributed by atoms with Gasteiger partial charge in [0.2, 0.25) is 11.8 Å². The number of aryl methyl sites for hydroxylation is 2. The van der Waals surface area contributed by atoms with Gasteiger partial charge in [-0.15, -0.1) is 0 Å². The molecule has 7 nitrogen and oxygen atoms in total. The number of nitrogens with one attached hydrogen (secondary N) is 1. The van der Waals surface area contributed by atoms with Crippen LogP contribution in [-0.2, 0) is 17.8 Å². The standard InChI is InChI=1S/C27H23ClN4O3S/c1-15-6-5-7-18(10-15)30-23(34)14-36-27-21-11-20-17(13-33)12-29-16(2)24(20)35-26(21)31-25(32-27)19-8-3-4-9-22(19)28/h3-10,12,33H,11,13-14H2,1-2H3,(H,30,34). The summed E-state index contributed by atoms with van der Waals surface area (Å²) in [7, 11) is 0. The van der Waals surface area contributed by atoms with Crippen molar-refractivity contribution in [2.75, 3.05) is 11.1 Å². The van der Waals surface area contributed by atoms with Crippen molar-refractivity contribution in [1.82, 2.24) is 15.0 Å². The molecule has 0 unspecified atom stereocenters. The molecule has 0 bridgehead atoms. The van der Waals surface area contributed by atoms with Gasteiger partial charge in [0, 0.05) is 35.0 Å². The molecule has 4 aromatic rings. The number of carbonyl (C=O) groups excluding carboxylic acids is 1. The Hall–Kier alpha value is -3.46. The molecule has 182 valence electrons. The summed E-state index contributed by atoms with van der Waals surface area (Å²) in [6.45, 7) is 3.67. The summed E-state index contributed by atoms with van der Waals surface area (Å²) in [5, 5.41) is 13.9. The van der Waals surface area contributed by atoms with Gasteiger partial charge in [0.1, 0.15) is 5.03 Å². The number of amides is 1. The van der Waals surface area contributed by atoms with E-state index in [1.54, 1.807) is 12.3 Å². The molecule has 0 atom stereocenters. The fraction of sp³-hybridized carbons (Fsp3) is 0.185. The number of pyridine rings is 1. The van der Waals surface area contributed by atoms with Crippen LogP contribution in [0.5, 0.6) is 11.6 Å². The second kappa shape index (κ2) is 10.3. The number of thioether (sulfide) groups is 1. The van der Waals surface area contributed by atoms with Gasteiger partial charge in [-0.1, -0.05) is 47.6 Å². The Labute approximate surface area is 217 Å². The molecule has 2 aromatic carbocycles. The van der Waals surface area contributed by atoms with E-state index in [4.69, 9.17) is 21.3 Å². The van der Waals surface area contributed by atoms with Crippen molar-refractivity contribution in [3.8, 4) is 23.0 Å². The summed E-state index contributed by atoms with van der Waals surface area (Å²) in [6, 6.07) is 15.0. The molecule has 0 fully saturated rings. The van der Waals surface area contributed by atoms with Crippen molar-refractivity contribution in [3.63, 3.8) is 0 Å². The van der Waals surface area contributed by atoms with Gasteiger partial charge in [-0.25, -0.2) is 4.98 Å². The third kappa shape index (κ3) is 4.93. The number of halogens is 1. The number of aromatic nitrogens is 3. The molecule has 2 aromatic heterocycles. The zero-order chi connectivity index (χ0) is 25.2. The van der Waals surface area contributed by atoms with Crippen LogP contribution >= 0.6 is 23.4 Å². The van der Waals surface area contributed by atoms with Gasteiger partial charge < -0.3 is 15.2 Å².